The molecular formula is C17H20N2O2S. The Morgan fingerprint density at radius 1 is 1.32 bits per heavy atom. The number of aryl methyl sites for hydroxylation is 1. The molecule has 0 saturated heterocycles. The molecule has 4 nitrogen and oxygen atoms in total. The van der Waals surface area contributed by atoms with Crippen LogP contribution in [0.25, 0.3) is 0 Å². The van der Waals surface area contributed by atoms with Crippen LogP contribution >= 0.6 is 11.3 Å². The second-order valence-electron chi connectivity index (χ2n) is 5.55. The molecule has 0 radical (unpaired) electrons. The van der Waals surface area contributed by atoms with Crippen molar-refractivity contribution in [2.75, 3.05) is 0 Å². The quantitative estimate of drug-likeness (QED) is 0.890. The molecule has 3 rings (SSSR count). The first-order chi connectivity index (χ1) is 10.8. The van der Waals surface area contributed by atoms with Crippen molar-refractivity contribution in [1.82, 2.24) is 10.3 Å². The fourth-order valence-electron chi connectivity index (χ4n) is 2.79. The predicted octanol–water partition coefficient (Wildman–Crippen LogP) is 3.19. The smallest absolute Gasteiger partial charge is 0.220 e. The van der Waals surface area contributed by atoms with Crippen LogP contribution in [0.5, 0.6) is 5.75 Å². The molecule has 2 aromatic rings. The largest absolute Gasteiger partial charge is 0.488 e. The van der Waals surface area contributed by atoms with Crippen molar-refractivity contribution in [3.8, 4) is 5.75 Å². The molecule has 0 spiro atoms. The molecule has 1 heterocycles. The summed E-state index contributed by atoms with van der Waals surface area (Å²) in [5.74, 6) is 0.956. The molecule has 2 unspecified atom stereocenters. The molecule has 1 fully saturated rings. The molecule has 22 heavy (non-hydrogen) atoms. The van der Waals surface area contributed by atoms with Crippen LogP contribution in [0, 0.1) is 0 Å². The number of aromatic nitrogens is 1. The van der Waals surface area contributed by atoms with E-state index in [9.17, 15) is 4.79 Å². The third-order valence-electron chi connectivity index (χ3n) is 3.92. The van der Waals surface area contributed by atoms with Crippen LogP contribution in [0.1, 0.15) is 31.4 Å². The molecular weight excluding hydrogens is 296 g/mol. The van der Waals surface area contributed by atoms with Crippen LogP contribution < -0.4 is 10.1 Å². The molecule has 1 aliphatic carbocycles. The highest BCUT2D eigenvalue weighted by molar-refractivity contribution is 7.07. The number of carbonyl (C=O) groups is 1. The average molecular weight is 316 g/mol. The summed E-state index contributed by atoms with van der Waals surface area (Å²) in [6.07, 6.45) is 4.33. The molecule has 0 bridgehead atoms. The Bertz CT molecular complexity index is 586. The maximum Gasteiger partial charge on any atom is 0.220 e. The molecule has 1 saturated carbocycles. The van der Waals surface area contributed by atoms with Crippen molar-refractivity contribution in [1.29, 1.82) is 0 Å². The van der Waals surface area contributed by atoms with Crippen molar-refractivity contribution in [3.63, 3.8) is 0 Å². The van der Waals surface area contributed by atoms with Gasteiger partial charge in [0.15, 0.2) is 0 Å². The van der Waals surface area contributed by atoms with E-state index in [1.165, 1.54) is 0 Å². The number of para-hydroxylation sites is 1. The number of rotatable bonds is 6. The van der Waals surface area contributed by atoms with Gasteiger partial charge in [0.2, 0.25) is 5.91 Å². The standard InChI is InChI=1S/C17H20N2O2S/c20-17(10-9-13-11-22-12-18-13)19-15-7-4-8-16(15)21-14-5-2-1-3-6-14/h1-3,5-6,11-12,15-16H,4,7-10H2,(H,19,20). The van der Waals surface area contributed by atoms with Crippen LogP contribution in [0.3, 0.4) is 0 Å². The molecule has 116 valence electrons. The Labute approximate surface area is 134 Å². The van der Waals surface area contributed by atoms with Crippen LogP contribution in [-0.4, -0.2) is 23.0 Å². The van der Waals surface area contributed by atoms with Gasteiger partial charge in [0.05, 0.1) is 17.2 Å². The summed E-state index contributed by atoms with van der Waals surface area (Å²) < 4.78 is 6.01. The van der Waals surface area contributed by atoms with Gasteiger partial charge in [-0.25, -0.2) is 4.98 Å². The van der Waals surface area contributed by atoms with Crippen molar-refractivity contribution in [2.45, 2.75) is 44.2 Å². The van der Waals surface area contributed by atoms with E-state index in [1.54, 1.807) is 16.8 Å². The van der Waals surface area contributed by atoms with Crippen molar-refractivity contribution in [2.24, 2.45) is 0 Å². The van der Waals surface area contributed by atoms with Gasteiger partial charge < -0.3 is 10.1 Å². The van der Waals surface area contributed by atoms with E-state index >= 15 is 0 Å². The van der Waals surface area contributed by atoms with Gasteiger partial charge in [0.25, 0.3) is 0 Å². The zero-order valence-corrected chi connectivity index (χ0v) is 13.2. The zero-order valence-electron chi connectivity index (χ0n) is 12.4. The van der Waals surface area contributed by atoms with E-state index in [2.05, 4.69) is 10.3 Å². The topological polar surface area (TPSA) is 51.2 Å². The van der Waals surface area contributed by atoms with E-state index < -0.39 is 0 Å². The lowest BCUT2D eigenvalue weighted by molar-refractivity contribution is -0.122. The van der Waals surface area contributed by atoms with Gasteiger partial charge in [-0.05, 0) is 37.8 Å². The number of thiazole rings is 1. The Morgan fingerprint density at radius 3 is 2.95 bits per heavy atom. The number of nitrogens with zero attached hydrogens (tertiary/aromatic N) is 1. The summed E-state index contributed by atoms with van der Waals surface area (Å²) in [4.78, 5) is 16.3. The zero-order chi connectivity index (χ0) is 15.2. The monoisotopic (exact) mass is 316 g/mol. The minimum absolute atomic E-state index is 0.0747. The van der Waals surface area contributed by atoms with E-state index in [-0.39, 0.29) is 18.1 Å². The summed E-state index contributed by atoms with van der Waals surface area (Å²) in [6, 6.07) is 9.93. The Balaban J connectivity index is 1.49. The summed E-state index contributed by atoms with van der Waals surface area (Å²) >= 11 is 1.56. The van der Waals surface area contributed by atoms with Gasteiger partial charge in [-0.2, -0.15) is 0 Å². The SMILES string of the molecule is O=C(CCc1cscn1)NC1CCCC1Oc1ccccc1. The average Bonchev–Trinajstić information content (AvgIpc) is 3.19. The fraction of sp³-hybridized carbons (Fsp3) is 0.412. The summed E-state index contributed by atoms with van der Waals surface area (Å²) in [7, 11) is 0. The highest BCUT2D eigenvalue weighted by Gasteiger charge is 2.30. The second kappa shape index (κ2) is 7.40. The third kappa shape index (κ3) is 4.07. The first kappa shape index (κ1) is 15.0. The predicted molar refractivity (Wildman–Crippen MR) is 87.1 cm³/mol. The Kier molecular flexibility index (Phi) is 5.06. The number of nitrogens with one attached hydrogen (secondary N) is 1. The van der Waals surface area contributed by atoms with Crippen LogP contribution in [0.2, 0.25) is 0 Å². The molecule has 1 N–H and O–H groups in total. The summed E-state index contributed by atoms with van der Waals surface area (Å²) in [5, 5.41) is 5.11. The normalized spacial score (nSPS) is 20.7. The lowest BCUT2D eigenvalue weighted by Crippen LogP contribution is -2.42. The van der Waals surface area contributed by atoms with Crippen molar-refractivity contribution < 1.29 is 9.53 Å². The molecule has 1 aliphatic rings. The van der Waals surface area contributed by atoms with Crippen LogP contribution in [-0.2, 0) is 11.2 Å². The maximum atomic E-state index is 12.1. The molecule has 1 aromatic carbocycles. The minimum Gasteiger partial charge on any atom is -0.488 e. The van der Waals surface area contributed by atoms with Gasteiger partial charge in [-0.1, -0.05) is 18.2 Å². The van der Waals surface area contributed by atoms with E-state index in [1.807, 2.05) is 35.7 Å². The highest BCUT2D eigenvalue weighted by Crippen LogP contribution is 2.24. The molecule has 0 aliphatic heterocycles. The van der Waals surface area contributed by atoms with Gasteiger partial charge in [0.1, 0.15) is 11.9 Å². The Hall–Kier alpha value is -1.88. The lowest BCUT2D eigenvalue weighted by atomic mass is 10.2. The van der Waals surface area contributed by atoms with Crippen LogP contribution in [0.15, 0.2) is 41.2 Å². The lowest BCUT2D eigenvalue weighted by Gasteiger charge is -2.22. The van der Waals surface area contributed by atoms with E-state index in [4.69, 9.17) is 4.74 Å². The van der Waals surface area contributed by atoms with Gasteiger partial charge in [-0.15, -0.1) is 11.3 Å². The van der Waals surface area contributed by atoms with E-state index in [0.717, 1.165) is 30.7 Å². The second-order valence-corrected chi connectivity index (χ2v) is 6.27. The van der Waals surface area contributed by atoms with Crippen molar-refractivity contribution >= 4 is 17.2 Å². The number of amides is 1. The number of ether oxygens (including phenoxy) is 1. The molecule has 1 aromatic heterocycles. The molecule has 2 atom stereocenters. The first-order valence-corrected chi connectivity index (χ1v) is 8.63. The first-order valence-electron chi connectivity index (χ1n) is 7.69. The van der Waals surface area contributed by atoms with Crippen LogP contribution in [0.4, 0.5) is 0 Å². The fourth-order valence-corrected chi connectivity index (χ4v) is 3.38. The minimum atomic E-state index is 0.0747. The number of hydrogen-bond acceptors (Lipinski definition) is 4. The number of hydrogen-bond donors (Lipinski definition) is 1. The maximum absolute atomic E-state index is 12.1. The number of carbonyl (C=O) groups excluding carboxylic acids is 1. The molecule has 5 heteroatoms. The van der Waals surface area contributed by atoms with Gasteiger partial charge in [0, 0.05) is 11.8 Å². The summed E-state index contributed by atoms with van der Waals surface area (Å²) in [6.45, 7) is 0. The van der Waals surface area contributed by atoms with E-state index in [0.29, 0.717) is 12.8 Å². The summed E-state index contributed by atoms with van der Waals surface area (Å²) in [5.41, 5.74) is 2.79. The van der Waals surface area contributed by atoms with Crippen molar-refractivity contribution in [3.05, 3.63) is 46.9 Å². The van der Waals surface area contributed by atoms with Gasteiger partial charge in [-0.3, -0.25) is 4.79 Å². The highest BCUT2D eigenvalue weighted by atomic mass is 32.1. The third-order valence-corrected chi connectivity index (χ3v) is 4.56. The molecule has 1 amide bonds. The number of benzene rings is 1. The Morgan fingerprint density at radius 2 is 2.18 bits per heavy atom. The van der Waals surface area contributed by atoms with Gasteiger partial charge >= 0.3 is 0 Å².